The van der Waals surface area contributed by atoms with Crippen LogP contribution in [-0.4, -0.2) is 29.0 Å². The van der Waals surface area contributed by atoms with E-state index in [9.17, 15) is 5.11 Å². The third kappa shape index (κ3) is 5.65. The summed E-state index contributed by atoms with van der Waals surface area (Å²) in [5.74, 6) is 1.02. The van der Waals surface area contributed by atoms with Gasteiger partial charge >= 0.3 is 0 Å². The molecule has 114 valence electrons. The Balaban J connectivity index is 2.43. The molecular weight excluding hydrogens is 290 g/mol. The maximum absolute atomic E-state index is 9.70. The van der Waals surface area contributed by atoms with Crippen LogP contribution in [0, 0.1) is 0 Å². The van der Waals surface area contributed by atoms with Crippen molar-refractivity contribution in [3.63, 3.8) is 0 Å². The van der Waals surface area contributed by atoms with E-state index in [-0.39, 0.29) is 12.1 Å². The molecule has 1 rings (SSSR count). The average molecular weight is 316 g/mol. The number of rotatable bonds is 9. The number of thioether (sulfide) groups is 1. The molecule has 2 N–H and O–H groups in total. The van der Waals surface area contributed by atoms with Gasteiger partial charge in [0, 0.05) is 16.5 Å². The van der Waals surface area contributed by atoms with Crippen LogP contribution in [-0.2, 0) is 0 Å². The fourth-order valence-corrected chi connectivity index (χ4v) is 3.54. The Labute approximate surface area is 132 Å². The molecule has 0 amide bonds. The van der Waals surface area contributed by atoms with E-state index in [1.165, 1.54) is 0 Å². The lowest BCUT2D eigenvalue weighted by Gasteiger charge is -2.34. The van der Waals surface area contributed by atoms with Gasteiger partial charge in [0.2, 0.25) is 0 Å². The van der Waals surface area contributed by atoms with Gasteiger partial charge in [0.25, 0.3) is 0 Å². The highest BCUT2D eigenvalue weighted by Gasteiger charge is 2.27. The van der Waals surface area contributed by atoms with Gasteiger partial charge in [-0.05, 0) is 37.1 Å². The van der Waals surface area contributed by atoms with Crippen molar-refractivity contribution in [2.24, 2.45) is 0 Å². The van der Waals surface area contributed by atoms with E-state index in [0.29, 0.717) is 6.04 Å². The van der Waals surface area contributed by atoms with Crippen LogP contribution in [0.4, 0.5) is 0 Å². The van der Waals surface area contributed by atoms with Crippen LogP contribution >= 0.6 is 23.4 Å². The van der Waals surface area contributed by atoms with Crippen molar-refractivity contribution >= 4 is 23.4 Å². The van der Waals surface area contributed by atoms with E-state index >= 15 is 0 Å². The zero-order chi connectivity index (χ0) is 15.0. The van der Waals surface area contributed by atoms with E-state index < -0.39 is 0 Å². The number of aliphatic hydroxyl groups is 1. The van der Waals surface area contributed by atoms with Crippen molar-refractivity contribution in [2.75, 3.05) is 12.4 Å². The highest BCUT2D eigenvalue weighted by molar-refractivity contribution is 7.99. The lowest BCUT2D eigenvalue weighted by Crippen LogP contribution is -2.51. The van der Waals surface area contributed by atoms with E-state index in [1.807, 2.05) is 18.2 Å². The minimum Gasteiger partial charge on any atom is -0.394 e. The zero-order valence-corrected chi connectivity index (χ0v) is 14.2. The van der Waals surface area contributed by atoms with Crippen LogP contribution in [0.5, 0.6) is 0 Å². The number of nitrogens with one attached hydrogen (secondary N) is 1. The minimum absolute atomic E-state index is 0.144. The lowest BCUT2D eigenvalue weighted by molar-refractivity contribution is 0.137. The molecule has 0 fully saturated rings. The fraction of sp³-hybridized carbons (Fsp3) is 0.625. The summed E-state index contributed by atoms with van der Waals surface area (Å²) in [6.45, 7) is 6.57. The molecule has 0 aromatic heterocycles. The van der Waals surface area contributed by atoms with Crippen molar-refractivity contribution in [1.82, 2.24) is 5.32 Å². The van der Waals surface area contributed by atoms with E-state index in [0.717, 1.165) is 34.9 Å². The Hall–Kier alpha value is -0.220. The number of benzene rings is 1. The van der Waals surface area contributed by atoms with Gasteiger partial charge in [-0.2, -0.15) is 0 Å². The van der Waals surface area contributed by atoms with E-state index in [1.54, 1.807) is 11.8 Å². The quantitative estimate of drug-likeness (QED) is 0.525. The summed E-state index contributed by atoms with van der Waals surface area (Å²) in [5.41, 5.74) is -0.144. The zero-order valence-electron chi connectivity index (χ0n) is 12.7. The Kier molecular flexibility index (Phi) is 7.96. The monoisotopic (exact) mass is 315 g/mol. The molecule has 0 spiro atoms. The van der Waals surface area contributed by atoms with Crippen molar-refractivity contribution in [1.29, 1.82) is 0 Å². The normalized spacial score (nSPS) is 14.5. The van der Waals surface area contributed by atoms with Gasteiger partial charge < -0.3 is 10.4 Å². The van der Waals surface area contributed by atoms with Crippen LogP contribution in [0.15, 0.2) is 29.2 Å². The molecule has 0 aliphatic carbocycles. The summed E-state index contributed by atoms with van der Waals surface area (Å²) < 4.78 is 0. The summed E-state index contributed by atoms with van der Waals surface area (Å²) in [5, 5.41) is 14.0. The highest BCUT2D eigenvalue weighted by atomic mass is 35.5. The molecule has 1 aromatic rings. The van der Waals surface area contributed by atoms with Gasteiger partial charge in [-0.15, -0.1) is 11.8 Å². The van der Waals surface area contributed by atoms with Gasteiger partial charge in [-0.1, -0.05) is 44.5 Å². The molecule has 0 aliphatic rings. The van der Waals surface area contributed by atoms with Crippen molar-refractivity contribution in [3.05, 3.63) is 29.3 Å². The third-order valence-corrected chi connectivity index (χ3v) is 5.07. The minimum atomic E-state index is -0.144. The second kappa shape index (κ2) is 8.93. The smallest absolute Gasteiger partial charge is 0.0613 e. The maximum Gasteiger partial charge on any atom is 0.0613 e. The second-order valence-electron chi connectivity index (χ2n) is 5.47. The molecule has 20 heavy (non-hydrogen) atoms. The molecule has 0 bridgehead atoms. The Bertz CT molecular complexity index is 394. The average Bonchev–Trinajstić information content (AvgIpc) is 2.43. The first-order chi connectivity index (χ1) is 9.53. The van der Waals surface area contributed by atoms with Gasteiger partial charge in [-0.25, -0.2) is 0 Å². The maximum atomic E-state index is 9.70. The first kappa shape index (κ1) is 17.8. The topological polar surface area (TPSA) is 32.3 Å². The van der Waals surface area contributed by atoms with Crippen LogP contribution in [0.3, 0.4) is 0 Å². The molecule has 0 radical (unpaired) electrons. The molecule has 1 aromatic carbocycles. The van der Waals surface area contributed by atoms with Crippen LogP contribution in [0.25, 0.3) is 0 Å². The summed E-state index contributed by atoms with van der Waals surface area (Å²) in [6, 6.07) is 8.33. The van der Waals surface area contributed by atoms with E-state index in [4.69, 9.17) is 11.6 Å². The van der Waals surface area contributed by atoms with Crippen molar-refractivity contribution in [3.8, 4) is 0 Å². The predicted octanol–water partition coefficient (Wildman–Crippen LogP) is 4.35. The summed E-state index contributed by atoms with van der Waals surface area (Å²) >= 11 is 7.93. The SMILES string of the molecule is CCC(CO)(CCCSc1ccccc1Cl)NC(C)C. The Morgan fingerprint density at radius 2 is 2.05 bits per heavy atom. The van der Waals surface area contributed by atoms with Gasteiger partial charge in [0.1, 0.15) is 0 Å². The summed E-state index contributed by atoms with van der Waals surface area (Å²) in [7, 11) is 0. The van der Waals surface area contributed by atoms with E-state index in [2.05, 4.69) is 32.2 Å². The third-order valence-electron chi connectivity index (χ3n) is 3.47. The summed E-state index contributed by atoms with van der Waals surface area (Å²) in [6.07, 6.45) is 2.98. The Morgan fingerprint density at radius 1 is 1.35 bits per heavy atom. The first-order valence-corrected chi connectivity index (χ1v) is 8.65. The molecule has 0 saturated carbocycles. The van der Waals surface area contributed by atoms with Crippen LogP contribution in [0.2, 0.25) is 5.02 Å². The van der Waals surface area contributed by atoms with Gasteiger partial charge in [0.05, 0.1) is 11.6 Å². The highest BCUT2D eigenvalue weighted by Crippen LogP contribution is 2.28. The molecule has 1 unspecified atom stereocenters. The molecule has 2 nitrogen and oxygen atoms in total. The standard InChI is InChI=1S/C16H26ClNOS/c1-4-16(12-19,18-13(2)3)10-7-11-20-15-9-6-5-8-14(15)17/h5-6,8-9,13,18-19H,4,7,10-12H2,1-3H3. The predicted molar refractivity (Wildman–Crippen MR) is 89.8 cm³/mol. The van der Waals surface area contributed by atoms with Crippen LogP contribution < -0.4 is 5.32 Å². The molecular formula is C16H26ClNOS. The summed E-state index contributed by atoms with van der Waals surface area (Å²) in [4.78, 5) is 1.14. The largest absolute Gasteiger partial charge is 0.394 e. The van der Waals surface area contributed by atoms with Crippen molar-refractivity contribution < 1.29 is 5.11 Å². The number of hydrogen-bond acceptors (Lipinski definition) is 3. The van der Waals surface area contributed by atoms with Gasteiger partial charge in [0.15, 0.2) is 0 Å². The van der Waals surface area contributed by atoms with Crippen molar-refractivity contribution in [2.45, 2.75) is 56.5 Å². The fourth-order valence-electron chi connectivity index (χ4n) is 2.35. The first-order valence-electron chi connectivity index (χ1n) is 7.29. The van der Waals surface area contributed by atoms with Crippen LogP contribution in [0.1, 0.15) is 40.0 Å². The number of hydrogen-bond donors (Lipinski definition) is 2. The number of aliphatic hydroxyl groups excluding tert-OH is 1. The molecule has 0 saturated heterocycles. The molecule has 4 heteroatoms. The molecule has 0 aliphatic heterocycles. The Morgan fingerprint density at radius 3 is 2.60 bits per heavy atom. The number of halogens is 1. The lowest BCUT2D eigenvalue weighted by atomic mass is 9.91. The van der Waals surface area contributed by atoms with Gasteiger partial charge in [-0.3, -0.25) is 0 Å². The molecule has 0 heterocycles. The molecule has 1 atom stereocenters. The second-order valence-corrected chi connectivity index (χ2v) is 7.02.